The third kappa shape index (κ3) is 3.58. The van der Waals surface area contributed by atoms with E-state index in [2.05, 4.69) is 5.32 Å². The lowest BCUT2D eigenvalue weighted by molar-refractivity contribution is -0.114. The lowest BCUT2D eigenvalue weighted by Gasteiger charge is -2.06. The summed E-state index contributed by atoms with van der Waals surface area (Å²) in [5.41, 5.74) is 1.85. The summed E-state index contributed by atoms with van der Waals surface area (Å²) in [6.45, 7) is 3.23. The zero-order valence-electron chi connectivity index (χ0n) is 8.45. The molecular weight excluding hydrogens is 178 g/mol. The molecule has 14 heavy (non-hydrogen) atoms. The van der Waals surface area contributed by atoms with Gasteiger partial charge in [-0.25, -0.2) is 0 Å². The quantitative estimate of drug-likeness (QED) is 0.765. The summed E-state index contributed by atoms with van der Waals surface area (Å²) >= 11 is 0. The number of hydrogen-bond donors (Lipinski definition) is 2. The van der Waals surface area contributed by atoms with Crippen molar-refractivity contribution in [2.24, 2.45) is 0 Å². The van der Waals surface area contributed by atoms with Crippen molar-refractivity contribution >= 4 is 11.6 Å². The molecule has 1 aromatic rings. The first-order valence-corrected chi connectivity index (χ1v) is 4.62. The van der Waals surface area contributed by atoms with Crippen molar-refractivity contribution in [1.29, 1.82) is 0 Å². The maximum atomic E-state index is 10.7. The number of aliphatic hydroxyl groups excluding tert-OH is 1. The van der Waals surface area contributed by atoms with Gasteiger partial charge in [0.1, 0.15) is 0 Å². The molecule has 1 atom stereocenters. The van der Waals surface area contributed by atoms with Crippen LogP contribution in [0.25, 0.3) is 0 Å². The topological polar surface area (TPSA) is 49.3 Å². The van der Waals surface area contributed by atoms with Gasteiger partial charge in [0.2, 0.25) is 5.91 Å². The van der Waals surface area contributed by atoms with Gasteiger partial charge in [-0.15, -0.1) is 0 Å². The Labute approximate surface area is 83.8 Å². The fourth-order valence-corrected chi connectivity index (χ4v) is 1.27. The second kappa shape index (κ2) is 4.77. The van der Waals surface area contributed by atoms with Crippen molar-refractivity contribution in [2.45, 2.75) is 26.4 Å². The minimum atomic E-state index is -0.332. The molecule has 0 aliphatic heterocycles. The van der Waals surface area contributed by atoms with Gasteiger partial charge in [0.15, 0.2) is 0 Å². The summed E-state index contributed by atoms with van der Waals surface area (Å²) in [5, 5.41) is 11.8. The molecule has 1 rings (SSSR count). The fourth-order valence-electron chi connectivity index (χ4n) is 1.27. The number of rotatable bonds is 3. The van der Waals surface area contributed by atoms with Gasteiger partial charge in [-0.3, -0.25) is 4.79 Å². The Morgan fingerprint density at radius 3 is 2.43 bits per heavy atom. The Morgan fingerprint density at radius 2 is 2.00 bits per heavy atom. The summed E-state index contributed by atoms with van der Waals surface area (Å²) in [6.07, 6.45) is 0.307. The van der Waals surface area contributed by atoms with Crippen LogP contribution in [0.3, 0.4) is 0 Å². The highest BCUT2D eigenvalue weighted by Crippen LogP contribution is 2.10. The molecule has 76 valence electrons. The van der Waals surface area contributed by atoms with Crippen molar-refractivity contribution in [3.05, 3.63) is 29.8 Å². The van der Waals surface area contributed by atoms with E-state index in [1.807, 2.05) is 24.3 Å². The lowest BCUT2D eigenvalue weighted by atomic mass is 10.1. The molecule has 0 saturated heterocycles. The van der Waals surface area contributed by atoms with E-state index in [1.54, 1.807) is 6.92 Å². The molecule has 0 aliphatic rings. The SMILES string of the molecule is CC(=O)Nc1ccc(C[C@@H](C)O)cc1. The Hall–Kier alpha value is -1.35. The van der Waals surface area contributed by atoms with Gasteiger partial charge in [-0.1, -0.05) is 12.1 Å². The smallest absolute Gasteiger partial charge is 0.221 e. The van der Waals surface area contributed by atoms with Crippen LogP contribution >= 0.6 is 0 Å². The largest absolute Gasteiger partial charge is 0.393 e. The predicted octanol–water partition coefficient (Wildman–Crippen LogP) is 1.57. The number of carbonyl (C=O) groups is 1. The normalized spacial score (nSPS) is 12.2. The number of benzene rings is 1. The molecule has 0 aliphatic carbocycles. The highest BCUT2D eigenvalue weighted by Gasteiger charge is 1.99. The predicted molar refractivity (Wildman–Crippen MR) is 56.1 cm³/mol. The molecule has 0 saturated carbocycles. The van der Waals surface area contributed by atoms with Crippen LogP contribution in [0.5, 0.6) is 0 Å². The molecule has 2 N–H and O–H groups in total. The molecule has 0 bridgehead atoms. The van der Waals surface area contributed by atoms with Gasteiger partial charge >= 0.3 is 0 Å². The number of anilines is 1. The average Bonchev–Trinajstić information content (AvgIpc) is 2.06. The summed E-state index contributed by atoms with van der Waals surface area (Å²) in [6, 6.07) is 7.47. The number of amides is 1. The zero-order valence-corrected chi connectivity index (χ0v) is 8.45. The second-order valence-corrected chi connectivity index (χ2v) is 3.43. The molecule has 0 fully saturated rings. The maximum Gasteiger partial charge on any atom is 0.221 e. The highest BCUT2D eigenvalue weighted by atomic mass is 16.3. The molecule has 0 radical (unpaired) electrons. The van der Waals surface area contributed by atoms with Gasteiger partial charge in [0.05, 0.1) is 6.10 Å². The molecule has 1 amide bonds. The Kier molecular flexibility index (Phi) is 3.65. The van der Waals surface area contributed by atoms with Gasteiger partial charge in [0, 0.05) is 12.6 Å². The van der Waals surface area contributed by atoms with Gasteiger partial charge in [-0.2, -0.15) is 0 Å². The van der Waals surface area contributed by atoms with E-state index in [0.717, 1.165) is 11.3 Å². The first-order chi connectivity index (χ1) is 6.58. The van der Waals surface area contributed by atoms with E-state index < -0.39 is 0 Å². The molecular formula is C11H15NO2. The van der Waals surface area contributed by atoms with Crippen LogP contribution in [-0.4, -0.2) is 17.1 Å². The molecule has 0 unspecified atom stereocenters. The second-order valence-electron chi connectivity index (χ2n) is 3.43. The van der Waals surface area contributed by atoms with Crippen molar-refractivity contribution < 1.29 is 9.90 Å². The number of aliphatic hydroxyl groups is 1. The van der Waals surface area contributed by atoms with E-state index >= 15 is 0 Å². The minimum Gasteiger partial charge on any atom is -0.393 e. The first-order valence-electron chi connectivity index (χ1n) is 4.62. The fraction of sp³-hybridized carbons (Fsp3) is 0.364. The lowest BCUT2D eigenvalue weighted by Crippen LogP contribution is -2.06. The monoisotopic (exact) mass is 193 g/mol. The van der Waals surface area contributed by atoms with Crippen LogP contribution in [0.15, 0.2) is 24.3 Å². The molecule has 0 spiro atoms. The van der Waals surface area contributed by atoms with Crippen molar-refractivity contribution in [3.8, 4) is 0 Å². The summed E-state index contributed by atoms with van der Waals surface area (Å²) in [4.78, 5) is 10.7. The maximum absolute atomic E-state index is 10.7. The van der Waals surface area contributed by atoms with Gasteiger partial charge < -0.3 is 10.4 Å². The van der Waals surface area contributed by atoms with E-state index in [-0.39, 0.29) is 12.0 Å². The minimum absolute atomic E-state index is 0.0757. The van der Waals surface area contributed by atoms with Crippen LogP contribution < -0.4 is 5.32 Å². The van der Waals surface area contributed by atoms with E-state index in [1.165, 1.54) is 6.92 Å². The van der Waals surface area contributed by atoms with Crippen LogP contribution in [0.1, 0.15) is 19.4 Å². The summed E-state index contributed by atoms with van der Waals surface area (Å²) in [5.74, 6) is -0.0757. The Balaban J connectivity index is 2.63. The van der Waals surface area contributed by atoms with Gasteiger partial charge in [-0.05, 0) is 31.0 Å². The molecule has 3 heteroatoms. The van der Waals surface area contributed by atoms with E-state index in [4.69, 9.17) is 5.11 Å². The van der Waals surface area contributed by atoms with Crippen LogP contribution in [0.2, 0.25) is 0 Å². The number of hydrogen-bond acceptors (Lipinski definition) is 2. The molecule has 0 aromatic heterocycles. The van der Waals surface area contributed by atoms with E-state index in [9.17, 15) is 4.79 Å². The molecule has 1 aromatic carbocycles. The van der Waals surface area contributed by atoms with E-state index in [0.29, 0.717) is 6.42 Å². The number of nitrogens with one attached hydrogen (secondary N) is 1. The van der Waals surface area contributed by atoms with Crippen molar-refractivity contribution in [1.82, 2.24) is 0 Å². The number of carbonyl (C=O) groups excluding carboxylic acids is 1. The van der Waals surface area contributed by atoms with Crippen LogP contribution in [0, 0.1) is 0 Å². The van der Waals surface area contributed by atoms with Crippen molar-refractivity contribution in [2.75, 3.05) is 5.32 Å². The van der Waals surface area contributed by atoms with Crippen LogP contribution in [0.4, 0.5) is 5.69 Å². The van der Waals surface area contributed by atoms with Crippen LogP contribution in [-0.2, 0) is 11.2 Å². The van der Waals surface area contributed by atoms with Crippen molar-refractivity contribution in [3.63, 3.8) is 0 Å². The first kappa shape index (κ1) is 10.7. The highest BCUT2D eigenvalue weighted by molar-refractivity contribution is 5.88. The third-order valence-electron chi connectivity index (χ3n) is 1.81. The van der Waals surface area contributed by atoms with Gasteiger partial charge in [0.25, 0.3) is 0 Å². The Morgan fingerprint density at radius 1 is 1.43 bits per heavy atom. The average molecular weight is 193 g/mol. The zero-order chi connectivity index (χ0) is 10.6. The summed E-state index contributed by atoms with van der Waals surface area (Å²) in [7, 11) is 0. The third-order valence-corrected chi connectivity index (χ3v) is 1.81. The Bertz CT molecular complexity index is 304. The standard InChI is InChI=1S/C11H15NO2/c1-8(13)7-10-3-5-11(6-4-10)12-9(2)14/h3-6,8,13H,7H2,1-2H3,(H,12,14)/t8-/m1/s1. The molecule has 0 heterocycles. The summed E-state index contributed by atoms with van der Waals surface area (Å²) < 4.78 is 0. The molecule has 3 nitrogen and oxygen atoms in total.